The number of nitrogens with zero attached hydrogens (tertiary/aromatic N) is 1. The Morgan fingerprint density at radius 1 is 1.14 bits per heavy atom. The van der Waals surface area contributed by atoms with Crippen molar-refractivity contribution in [2.24, 2.45) is 23.0 Å². The first-order chi connectivity index (χ1) is 9.93. The molecule has 0 spiro atoms. The number of hydrogen-bond donors (Lipinski definition) is 1. The monoisotopic (exact) mass is 294 g/mol. The van der Waals surface area contributed by atoms with Crippen molar-refractivity contribution >= 4 is 5.91 Å². The molecule has 21 heavy (non-hydrogen) atoms. The number of carbonyl (C=O) groups excluding carboxylic acids is 1. The van der Waals surface area contributed by atoms with E-state index in [-0.39, 0.29) is 0 Å². The Morgan fingerprint density at radius 2 is 1.86 bits per heavy atom. The lowest BCUT2D eigenvalue weighted by Gasteiger charge is -2.46. The molecule has 1 aliphatic heterocycles. The average molecular weight is 294 g/mol. The van der Waals surface area contributed by atoms with Crippen molar-refractivity contribution < 1.29 is 4.79 Å². The van der Waals surface area contributed by atoms with Gasteiger partial charge in [-0.2, -0.15) is 0 Å². The Labute approximate surface area is 130 Å². The van der Waals surface area contributed by atoms with Crippen molar-refractivity contribution in [1.82, 2.24) is 4.90 Å². The summed E-state index contributed by atoms with van der Waals surface area (Å²) in [6, 6.07) is 0.388. The van der Waals surface area contributed by atoms with Crippen LogP contribution in [0, 0.1) is 17.3 Å². The third-order valence-electron chi connectivity index (χ3n) is 5.74. The molecular weight excluding hydrogens is 260 g/mol. The fourth-order valence-electron chi connectivity index (χ4n) is 4.18. The van der Waals surface area contributed by atoms with Crippen molar-refractivity contribution in [3.05, 3.63) is 0 Å². The zero-order valence-electron chi connectivity index (χ0n) is 14.2. The molecule has 2 rings (SSSR count). The van der Waals surface area contributed by atoms with E-state index in [4.69, 9.17) is 5.73 Å². The summed E-state index contributed by atoms with van der Waals surface area (Å²) < 4.78 is 0. The van der Waals surface area contributed by atoms with E-state index in [9.17, 15) is 4.79 Å². The molecule has 2 fully saturated rings. The summed E-state index contributed by atoms with van der Waals surface area (Å²) >= 11 is 0. The van der Waals surface area contributed by atoms with Crippen molar-refractivity contribution in [3.63, 3.8) is 0 Å². The van der Waals surface area contributed by atoms with Gasteiger partial charge in [0, 0.05) is 19.0 Å². The summed E-state index contributed by atoms with van der Waals surface area (Å²) in [5.74, 6) is 1.60. The Balaban J connectivity index is 2.12. The second-order valence-electron chi connectivity index (χ2n) is 8.19. The maximum atomic E-state index is 12.6. The highest BCUT2D eigenvalue weighted by Gasteiger charge is 2.39. The fraction of sp³-hybridized carbons (Fsp3) is 0.944. The Hall–Kier alpha value is -0.570. The molecule has 3 nitrogen and oxygen atoms in total. The third kappa shape index (κ3) is 4.21. The topological polar surface area (TPSA) is 46.3 Å². The van der Waals surface area contributed by atoms with Gasteiger partial charge in [0.15, 0.2) is 0 Å². The van der Waals surface area contributed by atoms with E-state index in [1.54, 1.807) is 0 Å². The maximum absolute atomic E-state index is 12.6. The van der Waals surface area contributed by atoms with E-state index >= 15 is 0 Å². The van der Waals surface area contributed by atoms with Crippen LogP contribution in [-0.2, 0) is 4.79 Å². The predicted molar refractivity (Wildman–Crippen MR) is 87.9 cm³/mol. The van der Waals surface area contributed by atoms with Gasteiger partial charge >= 0.3 is 0 Å². The molecule has 122 valence electrons. The van der Waals surface area contributed by atoms with E-state index in [0.717, 1.165) is 32.4 Å². The quantitative estimate of drug-likeness (QED) is 0.846. The standard InChI is InChI=1S/C18H34N2O/c1-18(2,3)15-10-9-14(13-19)16(12-15)20-11-7-5-4-6-8-17(20)21/h14-16H,4-13,19H2,1-3H3. The number of rotatable bonds is 2. The number of carbonyl (C=O) groups is 1. The van der Waals surface area contributed by atoms with Crippen LogP contribution in [0.3, 0.4) is 0 Å². The van der Waals surface area contributed by atoms with Crippen molar-refractivity contribution in [1.29, 1.82) is 0 Å². The number of amides is 1. The number of hydrogen-bond acceptors (Lipinski definition) is 2. The van der Waals surface area contributed by atoms with Crippen LogP contribution < -0.4 is 5.73 Å². The zero-order valence-corrected chi connectivity index (χ0v) is 14.2. The van der Waals surface area contributed by atoms with Crippen LogP contribution in [0.5, 0.6) is 0 Å². The normalized spacial score (nSPS) is 32.7. The molecule has 0 aromatic heterocycles. The number of likely N-dealkylation sites (tertiary alicyclic amines) is 1. The molecule has 0 radical (unpaired) electrons. The van der Waals surface area contributed by atoms with Crippen LogP contribution in [0.1, 0.15) is 72.1 Å². The molecule has 3 atom stereocenters. The van der Waals surface area contributed by atoms with E-state index < -0.39 is 0 Å². The molecular formula is C18H34N2O. The highest BCUT2D eigenvalue weighted by atomic mass is 16.2. The van der Waals surface area contributed by atoms with Gasteiger partial charge in [-0.25, -0.2) is 0 Å². The minimum absolute atomic E-state index is 0.337. The smallest absolute Gasteiger partial charge is 0.222 e. The zero-order chi connectivity index (χ0) is 15.5. The van der Waals surface area contributed by atoms with Gasteiger partial charge in [-0.3, -0.25) is 4.79 Å². The molecule has 0 aromatic carbocycles. The van der Waals surface area contributed by atoms with E-state index in [1.807, 2.05) is 0 Å². The van der Waals surface area contributed by atoms with Gasteiger partial charge in [-0.05, 0) is 55.9 Å². The van der Waals surface area contributed by atoms with E-state index in [2.05, 4.69) is 25.7 Å². The Morgan fingerprint density at radius 3 is 2.52 bits per heavy atom. The van der Waals surface area contributed by atoms with Crippen LogP contribution in [0.4, 0.5) is 0 Å². The Kier molecular flexibility index (Phi) is 5.70. The van der Waals surface area contributed by atoms with Gasteiger partial charge in [-0.1, -0.05) is 33.6 Å². The summed E-state index contributed by atoms with van der Waals surface area (Å²) in [5.41, 5.74) is 6.37. The minimum atomic E-state index is 0.337. The maximum Gasteiger partial charge on any atom is 0.222 e. The molecule has 2 aliphatic rings. The lowest BCUT2D eigenvalue weighted by atomic mass is 9.67. The SMILES string of the molecule is CC(C)(C)C1CCC(CN)C(N2CCCCCCC2=O)C1. The van der Waals surface area contributed by atoms with Gasteiger partial charge in [0.25, 0.3) is 0 Å². The van der Waals surface area contributed by atoms with Crippen molar-refractivity contribution in [2.75, 3.05) is 13.1 Å². The van der Waals surface area contributed by atoms with Crippen molar-refractivity contribution in [3.8, 4) is 0 Å². The van der Waals surface area contributed by atoms with Crippen LogP contribution in [0.15, 0.2) is 0 Å². The van der Waals surface area contributed by atoms with Crippen molar-refractivity contribution in [2.45, 2.75) is 78.2 Å². The van der Waals surface area contributed by atoms with Gasteiger partial charge in [-0.15, -0.1) is 0 Å². The predicted octanol–water partition coefficient (Wildman–Crippen LogP) is 3.57. The summed E-state index contributed by atoms with van der Waals surface area (Å²) in [7, 11) is 0. The van der Waals surface area contributed by atoms with E-state index in [1.165, 1.54) is 32.1 Å². The Bertz CT molecular complexity index is 348. The molecule has 3 heteroatoms. The molecule has 0 aromatic rings. The van der Waals surface area contributed by atoms with Gasteiger partial charge in [0.05, 0.1) is 0 Å². The highest BCUT2D eigenvalue weighted by molar-refractivity contribution is 5.76. The van der Waals surface area contributed by atoms with E-state index in [0.29, 0.717) is 29.2 Å². The first-order valence-corrected chi connectivity index (χ1v) is 8.93. The second kappa shape index (κ2) is 7.13. The highest BCUT2D eigenvalue weighted by Crippen LogP contribution is 2.41. The van der Waals surface area contributed by atoms with Gasteiger partial charge < -0.3 is 10.6 Å². The summed E-state index contributed by atoms with van der Waals surface area (Å²) in [6.45, 7) is 8.70. The molecule has 1 saturated heterocycles. The lowest BCUT2D eigenvalue weighted by molar-refractivity contribution is -0.137. The first kappa shape index (κ1) is 16.8. The number of nitrogens with two attached hydrogens (primary N) is 1. The summed E-state index contributed by atoms with van der Waals surface area (Å²) in [4.78, 5) is 14.8. The van der Waals surface area contributed by atoms with Crippen LogP contribution in [-0.4, -0.2) is 29.9 Å². The minimum Gasteiger partial charge on any atom is -0.339 e. The average Bonchev–Trinajstić information content (AvgIpc) is 2.42. The lowest BCUT2D eigenvalue weighted by Crippen LogP contribution is -2.51. The molecule has 2 N–H and O–H groups in total. The molecule has 1 saturated carbocycles. The third-order valence-corrected chi connectivity index (χ3v) is 5.74. The van der Waals surface area contributed by atoms with Gasteiger partial charge in [0.1, 0.15) is 0 Å². The summed E-state index contributed by atoms with van der Waals surface area (Å²) in [5, 5.41) is 0. The fourth-order valence-corrected chi connectivity index (χ4v) is 4.18. The molecule has 3 unspecified atom stereocenters. The van der Waals surface area contributed by atoms with Crippen LogP contribution in [0.25, 0.3) is 0 Å². The summed E-state index contributed by atoms with van der Waals surface area (Å²) in [6.07, 6.45) is 9.07. The van der Waals surface area contributed by atoms with Crippen LogP contribution in [0.2, 0.25) is 0 Å². The second-order valence-corrected chi connectivity index (χ2v) is 8.19. The largest absolute Gasteiger partial charge is 0.339 e. The molecule has 0 bridgehead atoms. The van der Waals surface area contributed by atoms with Gasteiger partial charge in [0.2, 0.25) is 5.91 Å². The molecule has 1 aliphatic carbocycles. The molecule has 1 amide bonds. The first-order valence-electron chi connectivity index (χ1n) is 8.93. The molecule has 1 heterocycles. The van der Waals surface area contributed by atoms with Crippen LogP contribution >= 0.6 is 0 Å².